The van der Waals surface area contributed by atoms with Crippen LogP contribution in [0, 0.1) is 17.0 Å². The van der Waals surface area contributed by atoms with E-state index >= 15 is 0 Å². The van der Waals surface area contributed by atoms with Gasteiger partial charge in [-0.3, -0.25) is 0 Å². The third kappa shape index (κ3) is 2.88. The Morgan fingerprint density at radius 1 is 1.35 bits per heavy atom. The number of anilines is 1. The molecule has 2 fully saturated rings. The van der Waals surface area contributed by atoms with Crippen LogP contribution in [0.4, 0.5) is 5.82 Å². The summed E-state index contributed by atoms with van der Waals surface area (Å²) in [5.74, 6) is 2.12. The minimum absolute atomic E-state index is 0.169. The van der Waals surface area contributed by atoms with Crippen molar-refractivity contribution in [2.24, 2.45) is 17.6 Å². The molecule has 0 aromatic carbocycles. The van der Waals surface area contributed by atoms with Gasteiger partial charge in [-0.05, 0) is 24.3 Å². The zero-order valence-electron chi connectivity index (χ0n) is 16.7. The van der Waals surface area contributed by atoms with Crippen LogP contribution in [0.25, 0.3) is 22.1 Å². The van der Waals surface area contributed by atoms with Crippen molar-refractivity contribution in [3.05, 3.63) is 46.5 Å². The summed E-state index contributed by atoms with van der Waals surface area (Å²) in [6, 6.07) is 5.50. The molecule has 6 rings (SSSR count). The standard InChI is InChI=1S/C21H20ClN7O2/c1-2-13-17(22)16-19(25-13)26-21(27-20(16)28-8-11-12(9-28)18(11)23)31-10-6-15-14(24-7-10)4-3-5-29(15)30/h3-7,11-12,18H,2,8-9,23H2,1H3,(H,25,26,27). The van der Waals surface area contributed by atoms with E-state index in [1.165, 1.54) is 6.20 Å². The number of H-pyrrole nitrogens is 1. The molecule has 9 nitrogen and oxygen atoms in total. The van der Waals surface area contributed by atoms with Crippen LogP contribution in [0.15, 0.2) is 30.6 Å². The minimum Gasteiger partial charge on any atom is -0.618 e. The second-order valence-electron chi connectivity index (χ2n) is 8.15. The van der Waals surface area contributed by atoms with Gasteiger partial charge in [0.1, 0.15) is 17.0 Å². The van der Waals surface area contributed by atoms with Gasteiger partial charge in [0.05, 0.1) is 22.7 Å². The Morgan fingerprint density at radius 2 is 2.16 bits per heavy atom. The number of hydrogen-bond acceptors (Lipinski definition) is 7. The third-order valence-corrected chi connectivity index (χ3v) is 6.75. The number of nitrogens with two attached hydrogens (primary N) is 1. The van der Waals surface area contributed by atoms with Crippen LogP contribution in [0.3, 0.4) is 0 Å². The van der Waals surface area contributed by atoms with E-state index < -0.39 is 0 Å². The van der Waals surface area contributed by atoms with E-state index in [1.807, 2.05) is 6.92 Å². The number of aromatic amines is 1. The quantitative estimate of drug-likeness (QED) is 0.371. The van der Waals surface area contributed by atoms with Crippen molar-refractivity contribution < 1.29 is 9.47 Å². The molecule has 4 aromatic heterocycles. The van der Waals surface area contributed by atoms with Gasteiger partial charge in [-0.2, -0.15) is 14.7 Å². The molecular weight excluding hydrogens is 418 g/mol. The lowest BCUT2D eigenvalue weighted by Crippen LogP contribution is -2.29. The Bertz CT molecular complexity index is 1330. The second-order valence-corrected chi connectivity index (χ2v) is 8.52. The summed E-state index contributed by atoms with van der Waals surface area (Å²) in [5.41, 5.74) is 8.64. The molecule has 0 bridgehead atoms. The monoisotopic (exact) mass is 437 g/mol. The number of nitrogens with one attached hydrogen (secondary N) is 1. The molecule has 0 amide bonds. The van der Waals surface area contributed by atoms with Gasteiger partial charge in [0.25, 0.3) is 0 Å². The zero-order valence-corrected chi connectivity index (χ0v) is 17.5. The highest BCUT2D eigenvalue weighted by Crippen LogP contribution is 2.47. The highest BCUT2D eigenvalue weighted by atomic mass is 35.5. The Balaban J connectivity index is 1.43. The number of ether oxygens (including phenoxy) is 1. The average molecular weight is 438 g/mol. The van der Waals surface area contributed by atoms with Gasteiger partial charge in [-0.1, -0.05) is 18.5 Å². The van der Waals surface area contributed by atoms with Crippen molar-refractivity contribution in [2.45, 2.75) is 19.4 Å². The first-order valence-electron chi connectivity index (χ1n) is 10.3. The largest absolute Gasteiger partial charge is 0.618 e. The average Bonchev–Trinajstić information content (AvgIpc) is 3.09. The van der Waals surface area contributed by atoms with Crippen molar-refractivity contribution >= 4 is 39.5 Å². The van der Waals surface area contributed by atoms with Gasteiger partial charge in [0, 0.05) is 30.9 Å². The van der Waals surface area contributed by atoms with Crippen molar-refractivity contribution in [3.8, 4) is 11.8 Å². The predicted molar refractivity (Wildman–Crippen MR) is 116 cm³/mol. The molecule has 0 radical (unpaired) electrons. The Morgan fingerprint density at radius 3 is 2.94 bits per heavy atom. The van der Waals surface area contributed by atoms with Gasteiger partial charge >= 0.3 is 6.01 Å². The molecule has 1 aliphatic heterocycles. The van der Waals surface area contributed by atoms with Gasteiger partial charge in [0.2, 0.25) is 5.52 Å². The molecule has 1 saturated heterocycles. The van der Waals surface area contributed by atoms with Gasteiger partial charge in [-0.15, -0.1) is 0 Å². The normalized spacial score (nSPS) is 22.3. The number of halogens is 1. The number of nitrogens with zero attached hydrogens (tertiary/aromatic N) is 5. The maximum absolute atomic E-state index is 12.1. The number of pyridine rings is 2. The molecule has 2 unspecified atom stereocenters. The lowest BCUT2D eigenvalue weighted by Gasteiger charge is -2.21. The number of fused-ring (bicyclic) bond motifs is 3. The number of rotatable bonds is 4. The van der Waals surface area contributed by atoms with Crippen LogP contribution in [-0.2, 0) is 6.42 Å². The molecular formula is C21H20ClN7O2. The first-order chi connectivity index (χ1) is 15.0. The summed E-state index contributed by atoms with van der Waals surface area (Å²) in [5, 5.41) is 13.5. The Labute approximate surface area is 182 Å². The summed E-state index contributed by atoms with van der Waals surface area (Å²) in [6.45, 7) is 3.71. The maximum atomic E-state index is 12.1. The molecule has 5 heterocycles. The molecule has 4 aromatic rings. The van der Waals surface area contributed by atoms with Crippen molar-refractivity contribution in [2.75, 3.05) is 18.0 Å². The van der Waals surface area contributed by atoms with Crippen LogP contribution in [0.2, 0.25) is 5.02 Å². The minimum atomic E-state index is 0.169. The summed E-state index contributed by atoms with van der Waals surface area (Å²) in [7, 11) is 0. The fraction of sp³-hybridized carbons (Fsp3) is 0.333. The number of hydrogen-bond donors (Lipinski definition) is 2. The molecule has 10 heteroatoms. The van der Waals surface area contributed by atoms with Crippen LogP contribution < -0.4 is 20.1 Å². The fourth-order valence-corrected chi connectivity index (χ4v) is 4.89. The summed E-state index contributed by atoms with van der Waals surface area (Å²) in [6.07, 6.45) is 3.73. The summed E-state index contributed by atoms with van der Waals surface area (Å²) >= 11 is 6.66. The predicted octanol–water partition coefficient (Wildman–Crippen LogP) is 2.54. The van der Waals surface area contributed by atoms with Crippen molar-refractivity contribution in [1.82, 2.24) is 19.9 Å². The first-order valence-corrected chi connectivity index (χ1v) is 10.7. The zero-order chi connectivity index (χ0) is 21.3. The summed E-state index contributed by atoms with van der Waals surface area (Å²) < 4.78 is 6.69. The topological polar surface area (TPSA) is 120 Å². The van der Waals surface area contributed by atoms with E-state index in [-0.39, 0.29) is 12.1 Å². The molecule has 2 atom stereocenters. The van der Waals surface area contributed by atoms with E-state index in [0.29, 0.717) is 39.3 Å². The van der Waals surface area contributed by atoms with Gasteiger partial charge in [0.15, 0.2) is 11.9 Å². The van der Waals surface area contributed by atoms with E-state index in [1.54, 1.807) is 24.4 Å². The Hall–Kier alpha value is -3.17. The molecule has 31 heavy (non-hydrogen) atoms. The lowest BCUT2D eigenvalue weighted by molar-refractivity contribution is -0.577. The fourth-order valence-electron chi connectivity index (χ4n) is 4.54. The molecule has 1 saturated carbocycles. The molecule has 3 N–H and O–H groups in total. The van der Waals surface area contributed by atoms with Crippen LogP contribution in [-0.4, -0.2) is 39.1 Å². The van der Waals surface area contributed by atoms with Crippen molar-refractivity contribution in [1.29, 1.82) is 0 Å². The highest BCUT2D eigenvalue weighted by Gasteiger charge is 2.54. The maximum Gasteiger partial charge on any atom is 0.326 e. The molecule has 1 aliphatic carbocycles. The van der Waals surface area contributed by atoms with Gasteiger partial charge < -0.3 is 25.6 Å². The van der Waals surface area contributed by atoms with E-state index in [2.05, 4.69) is 19.9 Å². The molecule has 0 spiro atoms. The third-order valence-electron chi connectivity index (χ3n) is 6.33. The van der Waals surface area contributed by atoms with E-state index in [0.717, 1.165) is 41.1 Å². The van der Waals surface area contributed by atoms with Gasteiger partial charge in [-0.25, -0.2) is 4.98 Å². The SMILES string of the molecule is CCc1[nH]c2nc(Oc3cnc4ccc[n+]([O-])c4c3)nc(N3CC4C(N)C4C3)c2c1Cl. The van der Waals surface area contributed by atoms with Crippen LogP contribution in [0.1, 0.15) is 12.6 Å². The van der Waals surface area contributed by atoms with Crippen LogP contribution >= 0.6 is 11.6 Å². The number of aromatic nitrogens is 5. The van der Waals surface area contributed by atoms with E-state index in [9.17, 15) is 5.21 Å². The first kappa shape index (κ1) is 18.6. The lowest BCUT2D eigenvalue weighted by atomic mass is 10.2. The molecule has 158 valence electrons. The second kappa shape index (κ2) is 6.66. The Kier molecular flexibility index (Phi) is 4.00. The smallest absolute Gasteiger partial charge is 0.326 e. The highest BCUT2D eigenvalue weighted by molar-refractivity contribution is 6.37. The van der Waals surface area contributed by atoms with Crippen molar-refractivity contribution in [3.63, 3.8) is 0 Å². The van der Waals surface area contributed by atoms with Crippen LogP contribution in [0.5, 0.6) is 11.8 Å². The van der Waals surface area contributed by atoms with E-state index in [4.69, 9.17) is 27.1 Å². The molecule has 2 aliphatic rings. The summed E-state index contributed by atoms with van der Waals surface area (Å²) in [4.78, 5) is 19.0. The number of piperidine rings is 1. The number of aryl methyl sites for hydroxylation is 1.